The molecular formula is C24H21F4N3. The molecule has 3 aromatic carbocycles. The maximum atomic E-state index is 13.2. The zero-order valence-electron chi connectivity index (χ0n) is 16.9. The molecule has 0 unspecified atom stereocenters. The molecule has 0 atom stereocenters. The molecule has 0 fully saturated rings. The Kier molecular flexibility index (Phi) is 5.67. The fourth-order valence-corrected chi connectivity index (χ4v) is 3.68. The van der Waals surface area contributed by atoms with Crippen molar-refractivity contribution in [2.45, 2.75) is 25.9 Å². The number of aromatic nitrogens is 2. The standard InChI is InChI=1S/C24H21F4N3/c1-30-23-9-8-22(12-20(23)14-29-30)31(15-18-5-2-4-17(10-18)13-25)16-19-6-3-7-21(11-19)24(26,27)28/h2-12,14H,13,15-16H2,1H3. The molecule has 1 aromatic heterocycles. The predicted octanol–water partition coefficient (Wildman–Crippen LogP) is 6.27. The Bertz CT molecular complexity index is 1200. The van der Waals surface area contributed by atoms with E-state index in [1.165, 1.54) is 12.1 Å². The van der Waals surface area contributed by atoms with E-state index in [1.54, 1.807) is 35.1 Å². The maximum Gasteiger partial charge on any atom is 0.416 e. The van der Waals surface area contributed by atoms with Gasteiger partial charge in [0.25, 0.3) is 0 Å². The first-order valence-electron chi connectivity index (χ1n) is 9.80. The van der Waals surface area contributed by atoms with Crippen LogP contribution in [0.3, 0.4) is 0 Å². The summed E-state index contributed by atoms with van der Waals surface area (Å²) in [5, 5.41) is 5.19. The van der Waals surface area contributed by atoms with E-state index in [0.717, 1.165) is 28.2 Å². The SMILES string of the molecule is Cn1ncc2cc(N(Cc3cccc(CF)c3)Cc3cccc(C(F)(F)F)c3)ccc21. The van der Waals surface area contributed by atoms with E-state index in [-0.39, 0.29) is 6.54 Å². The Balaban J connectivity index is 1.71. The lowest BCUT2D eigenvalue weighted by molar-refractivity contribution is -0.137. The van der Waals surface area contributed by atoms with Crippen LogP contribution in [-0.4, -0.2) is 9.78 Å². The molecule has 31 heavy (non-hydrogen) atoms. The monoisotopic (exact) mass is 427 g/mol. The molecular weight excluding hydrogens is 406 g/mol. The smallest absolute Gasteiger partial charge is 0.363 e. The van der Waals surface area contributed by atoms with Crippen molar-refractivity contribution in [3.63, 3.8) is 0 Å². The van der Waals surface area contributed by atoms with Gasteiger partial charge >= 0.3 is 6.18 Å². The third kappa shape index (κ3) is 4.71. The Labute approximate surface area is 177 Å². The van der Waals surface area contributed by atoms with Gasteiger partial charge in [0, 0.05) is 31.2 Å². The highest BCUT2D eigenvalue weighted by atomic mass is 19.4. The van der Waals surface area contributed by atoms with Crippen LogP contribution in [0.15, 0.2) is 72.9 Å². The largest absolute Gasteiger partial charge is 0.416 e. The number of hydrogen-bond acceptors (Lipinski definition) is 2. The molecule has 0 amide bonds. The van der Waals surface area contributed by atoms with Crippen LogP contribution in [0.2, 0.25) is 0 Å². The summed E-state index contributed by atoms with van der Waals surface area (Å²) >= 11 is 0. The van der Waals surface area contributed by atoms with Gasteiger partial charge in [-0.2, -0.15) is 18.3 Å². The highest BCUT2D eigenvalue weighted by Crippen LogP contribution is 2.31. The second-order valence-electron chi connectivity index (χ2n) is 7.52. The topological polar surface area (TPSA) is 21.1 Å². The molecule has 7 heteroatoms. The van der Waals surface area contributed by atoms with Gasteiger partial charge in [-0.25, -0.2) is 4.39 Å². The number of aryl methyl sites for hydroxylation is 1. The average molecular weight is 427 g/mol. The van der Waals surface area contributed by atoms with Gasteiger partial charge in [0.1, 0.15) is 6.67 Å². The number of benzene rings is 3. The molecule has 0 aliphatic carbocycles. The number of rotatable bonds is 6. The third-order valence-electron chi connectivity index (χ3n) is 5.24. The van der Waals surface area contributed by atoms with E-state index in [0.29, 0.717) is 17.7 Å². The van der Waals surface area contributed by atoms with Gasteiger partial charge in [-0.05, 0) is 47.0 Å². The molecule has 1 heterocycles. The number of halogens is 4. The quantitative estimate of drug-likeness (QED) is 0.338. The summed E-state index contributed by atoms with van der Waals surface area (Å²) in [6, 6.07) is 18.4. The second kappa shape index (κ2) is 8.41. The van der Waals surface area contributed by atoms with Gasteiger partial charge in [0.15, 0.2) is 0 Å². The summed E-state index contributed by atoms with van der Waals surface area (Å²) in [6.45, 7) is 0.133. The van der Waals surface area contributed by atoms with Gasteiger partial charge < -0.3 is 4.90 Å². The predicted molar refractivity (Wildman–Crippen MR) is 113 cm³/mol. The zero-order valence-corrected chi connectivity index (χ0v) is 16.9. The van der Waals surface area contributed by atoms with Gasteiger partial charge in [-0.1, -0.05) is 36.4 Å². The molecule has 0 aliphatic heterocycles. The fraction of sp³-hybridized carbons (Fsp3) is 0.208. The number of hydrogen-bond donors (Lipinski definition) is 0. The van der Waals surface area contributed by atoms with Crippen LogP contribution in [0.5, 0.6) is 0 Å². The molecule has 160 valence electrons. The normalized spacial score (nSPS) is 11.8. The van der Waals surface area contributed by atoms with Crippen molar-refractivity contribution in [2.75, 3.05) is 4.90 Å². The van der Waals surface area contributed by atoms with Crippen LogP contribution in [-0.2, 0) is 33.0 Å². The van der Waals surface area contributed by atoms with Gasteiger partial charge in [-0.15, -0.1) is 0 Å². The molecule has 0 saturated heterocycles. The van der Waals surface area contributed by atoms with Gasteiger partial charge in [0.2, 0.25) is 0 Å². The third-order valence-corrected chi connectivity index (χ3v) is 5.24. The maximum absolute atomic E-state index is 13.2. The van der Waals surface area contributed by atoms with E-state index in [1.807, 2.05) is 36.2 Å². The Morgan fingerprint density at radius 2 is 1.55 bits per heavy atom. The number of fused-ring (bicyclic) bond motifs is 1. The van der Waals surface area contributed by atoms with Crippen LogP contribution in [0.4, 0.5) is 23.2 Å². The Morgan fingerprint density at radius 3 is 2.26 bits per heavy atom. The van der Waals surface area contributed by atoms with E-state index in [4.69, 9.17) is 0 Å². The number of nitrogens with zero attached hydrogens (tertiary/aromatic N) is 3. The Hall–Kier alpha value is -3.35. The summed E-state index contributed by atoms with van der Waals surface area (Å²) < 4.78 is 54.4. The lowest BCUT2D eigenvalue weighted by atomic mass is 10.1. The summed E-state index contributed by atoms with van der Waals surface area (Å²) in [5.74, 6) is 0. The molecule has 0 radical (unpaired) electrons. The summed E-state index contributed by atoms with van der Waals surface area (Å²) in [4.78, 5) is 1.99. The zero-order chi connectivity index (χ0) is 22.0. The molecule has 0 bridgehead atoms. The van der Waals surface area contributed by atoms with Crippen molar-refractivity contribution in [3.8, 4) is 0 Å². The van der Waals surface area contributed by atoms with Crippen molar-refractivity contribution >= 4 is 16.6 Å². The minimum Gasteiger partial charge on any atom is -0.363 e. The van der Waals surface area contributed by atoms with E-state index < -0.39 is 18.4 Å². The Morgan fingerprint density at radius 1 is 0.871 bits per heavy atom. The van der Waals surface area contributed by atoms with E-state index in [9.17, 15) is 17.6 Å². The van der Waals surface area contributed by atoms with Crippen molar-refractivity contribution in [1.29, 1.82) is 0 Å². The van der Waals surface area contributed by atoms with Crippen molar-refractivity contribution in [1.82, 2.24) is 9.78 Å². The first kappa shape index (κ1) is 20.9. The van der Waals surface area contributed by atoms with Crippen molar-refractivity contribution in [2.24, 2.45) is 7.05 Å². The number of anilines is 1. The van der Waals surface area contributed by atoms with Crippen LogP contribution in [0.25, 0.3) is 10.9 Å². The molecule has 0 spiro atoms. The molecule has 3 nitrogen and oxygen atoms in total. The van der Waals surface area contributed by atoms with Crippen LogP contribution in [0.1, 0.15) is 22.3 Å². The first-order chi connectivity index (χ1) is 14.8. The molecule has 0 N–H and O–H groups in total. The number of alkyl halides is 4. The molecule has 0 saturated carbocycles. The van der Waals surface area contributed by atoms with Crippen LogP contribution >= 0.6 is 0 Å². The second-order valence-corrected chi connectivity index (χ2v) is 7.52. The lowest BCUT2D eigenvalue weighted by Crippen LogP contribution is -2.22. The van der Waals surface area contributed by atoms with Crippen LogP contribution in [0, 0.1) is 0 Å². The summed E-state index contributed by atoms with van der Waals surface area (Å²) in [5.41, 5.74) is 3.13. The molecule has 0 aliphatic rings. The van der Waals surface area contributed by atoms with Gasteiger partial charge in [-0.3, -0.25) is 4.68 Å². The lowest BCUT2D eigenvalue weighted by Gasteiger charge is -2.26. The van der Waals surface area contributed by atoms with Crippen molar-refractivity contribution < 1.29 is 17.6 Å². The van der Waals surface area contributed by atoms with Gasteiger partial charge in [0.05, 0.1) is 17.3 Å². The first-order valence-corrected chi connectivity index (χ1v) is 9.80. The van der Waals surface area contributed by atoms with Crippen molar-refractivity contribution in [3.05, 3.63) is 95.2 Å². The van der Waals surface area contributed by atoms with E-state index in [2.05, 4.69) is 5.10 Å². The highest BCUT2D eigenvalue weighted by molar-refractivity contribution is 5.82. The van der Waals surface area contributed by atoms with E-state index >= 15 is 0 Å². The molecule has 4 aromatic rings. The minimum atomic E-state index is -4.40. The molecule has 4 rings (SSSR count). The highest BCUT2D eigenvalue weighted by Gasteiger charge is 2.30. The fourth-order valence-electron chi connectivity index (χ4n) is 3.68. The minimum absolute atomic E-state index is 0.273. The summed E-state index contributed by atoms with van der Waals surface area (Å²) in [7, 11) is 1.85. The average Bonchev–Trinajstić information content (AvgIpc) is 3.13. The summed E-state index contributed by atoms with van der Waals surface area (Å²) in [6.07, 6.45) is -2.64. The van der Waals surface area contributed by atoms with Crippen LogP contribution < -0.4 is 4.90 Å².